The van der Waals surface area contributed by atoms with E-state index in [1.807, 2.05) is 0 Å². The Bertz CT molecular complexity index is 378. The van der Waals surface area contributed by atoms with Crippen molar-refractivity contribution in [1.82, 2.24) is 9.78 Å². The summed E-state index contributed by atoms with van der Waals surface area (Å²) in [7, 11) is -1.38. The van der Waals surface area contributed by atoms with Gasteiger partial charge in [0.2, 0.25) is 0 Å². The number of aryl methyl sites for hydroxylation is 2. The van der Waals surface area contributed by atoms with E-state index in [4.69, 9.17) is 0 Å². The van der Waals surface area contributed by atoms with Crippen LogP contribution in [0.4, 0.5) is 0 Å². The highest BCUT2D eigenvalue weighted by atomic mass is 32.2. The van der Waals surface area contributed by atoms with E-state index in [-0.39, 0.29) is 5.75 Å². The molecular weight excluding hydrogens is 176 g/mol. The minimum Gasteiger partial charge on any atom is -0.274 e. The SMILES string of the molecule is CCS(=O)(=O)c1cn(C)nc1C. The zero-order valence-electron chi connectivity index (χ0n) is 7.40. The van der Waals surface area contributed by atoms with Crippen LogP contribution in [0.1, 0.15) is 12.6 Å². The molecule has 0 aromatic carbocycles. The smallest absolute Gasteiger partial charge is 0.181 e. The van der Waals surface area contributed by atoms with Gasteiger partial charge in [-0.25, -0.2) is 8.42 Å². The second kappa shape index (κ2) is 2.90. The van der Waals surface area contributed by atoms with Crippen molar-refractivity contribution in [3.05, 3.63) is 11.9 Å². The van der Waals surface area contributed by atoms with Gasteiger partial charge in [-0.05, 0) is 6.92 Å². The van der Waals surface area contributed by atoms with Crippen molar-refractivity contribution in [3.8, 4) is 0 Å². The number of hydrogen-bond acceptors (Lipinski definition) is 3. The summed E-state index contributed by atoms with van der Waals surface area (Å²) in [5.41, 5.74) is 0.569. The zero-order valence-corrected chi connectivity index (χ0v) is 8.22. The average Bonchev–Trinajstić information content (AvgIpc) is 2.31. The highest BCUT2D eigenvalue weighted by Gasteiger charge is 2.16. The second-order valence-electron chi connectivity index (χ2n) is 2.66. The summed E-state index contributed by atoms with van der Waals surface area (Å²) in [5, 5.41) is 3.96. The first-order valence-electron chi connectivity index (χ1n) is 3.70. The van der Waals surface area contributed by atoms with Crippen molar-refractivity contribution in [1.29, 1.82) is 0 Å². The van der Waals surface area contributed by atoms with Crippen LogP contribution in [-0.2, 0) is 16.9 Å². The molecule has 0 bridgehead atoms. The van der Waals surface area contributed by atoms with E-state index in [1.54, 1.807) is 20.9 Å². The summed E-state index contributed by atoms with van der Waals surface area (Å²) >= 11 is 0. The second-order valence-corrected chi connectivity index (χ2v) is 4.90. The number of sulfone groups is 1. The molecule has 1 rings (SSSR count). The first-order valence-corrected chi connectivity index (χ1v) is 5.35. The van der Waals surface area contributed by atoms with Gasteiger partial charge in [-0.15, -0.1) is 0 Å². The van der Waals surface area contributed by atoms with Crippen LogP contribution in [0.5, 0.6) is 0 Å². The summed E-state index contributed by atoms with van der Waals surface area (Å²) in [6.45, 7) is 3.32. The minimum absolute atomic E-state index is 0.125. The van der Waals surface area contributed by atoms with Gasteiger partial charge in [0.1, 0.15) is 4.90 Å². The molecular formula is C7H12N2O2S. The molecule has 0 atom stereocenters. The van der Waals surface area contributed by atoms with E-state index in [0.29, 0.717) is 10.6 Å². The Morgan fingerprint density at radius 3 is 2.50 bits per heavy atom. The van der Waals surface area contributed by atoms with Gasteiger partial charge >= 0.3 is 0 Å². The molecule has 1 heterocycles. The van der Waals surface area contributed by atoms with Gasteiger partial charge in [0.05, 0.1) is 11.4 Å². The van der Waals surface area contributed by atoms with Crippen LogP contribution in [0.25, 0.3) is 0 Å². The first kappa shape index (κ1) is 9.25. The average molecular weight is 188 g/mol. The summed E-state index contributed by atoms with van der Waals surface area (Å²) in [5.74, 6) is 0.125. The number of hydrogen-bond donors (Lipinski definition) is 0. The van der Waals surface area contributed by atoms with Gasteiger partial charge in [-0.3, -0.25) is 4.68 Å². The summed E-state index contributed by atoms with van der Waals surface area (Å²) in [4.78, 5) is 0.340. The van der Waals surface area contributed by atoms with E-state index in [1.165, 1.54) is 10.9 Å². The van der Waals surface area contributed by atoms with Gasteiger partial charge in [0, 0.05) is 13.2 Å². The Morgan fingerprint density at radius 2 is 2.17 bits per heavy atom. The Balaban J connectivity index is 3.29. The van der Waals surface area contributed by atoms with E-state index in [9.17, 15) is 8.42 Å². The van der Waals surface area contributed by atoms with Crippen molar-refractivity contribution in [2.24, 2.45) is 7.05 Å². The third kappa shape index (κ3) is 1.50. The molecule has 1 aromatic heterocycles. The maximum atomic E-state index is 11.4. The molecule has 0 amide bonds. The molecule has 0 spiro atoms. The molecule has 0 saturated carbocycles. The van der Waals surface area contributed by atoms with E-state index in [2.05, 4.69) is 5.10 Å². The van der Waals surface area contributed by atoms with E-state index >= 15 is 0 Å². The monoisotopic (exact) mass is 188 g/mol. The molecule has 0 aliphatic carbocycles. The van der Waals surface area contributed by atoms with Crippen molar-refractivity contribution in [2.75, 3.05) is 5.75 Å². The number of aromatic nitrogens is 2. The maximum absolute atomic E-state index is 11.4. The summed E-state index contributed by atoms with van der Waals surface area (Å²) < 4.78 is 24.3. The van der Waals surface area contributed by atoms with Crippen LogP contribution >= 0.6 is 0 Å². The van der Waals surface area contributed by atoms with Gasteiger partial charge in [0.15, 0.2) is 9.84 Å². The highest BCUT2D eigenvalue weighted by molar-refractivity contribution is 7.91. The molecule has 4 nitrogen and oxygen atoms in total. The van der Waals surface area contributed by atoms with Gasteiger partial charge in [-0.1, -0.05) is 6.92 Å². The fourth-order valence-electron chi connectivity index (χ4n) is 1.04. The fraction of sp³-hybridized carbons (Fsp3) is 0.571. The van der Waals surface area contributed by atoms with Crippen molar-refractivity contribution in [2.45, 2.75) is 18.7 Å². The molecule has 68 valence electrons. The lowest BCUT2D eigenvalue weighted by Crippen LogP contribution is -2.03. The Morgan fingerprint density at radius 1 is 1.58 bits per heavy atom. The Hall–Kier alpha value is -0.840. The van der Waals surface area contributed by atoms with Crippen molar-refractivity contribution in [3.63, 3.8) is 0 Å². The van der Waals surface area contributed by atoms with Gasteiger partial charge in [0.25, 0.3) is 0 Å². The van der Waals surface area contributed by atoms with Crippen LogP contribution in [0, 0.1) is 6.92 Å². The quantitative estimate of drug-likeness (QED) is 0.680. The molecule has 5 heteroatoms. The lowest BCUT2D eigenvalue weighted by atomic mass is 10.5. The largest absolute Gasteiger partial charge is 0.274 e. The topological polar surface area (TPSA) is 52.0 Å². The Kier molecular flexibility index (Phi) is 2.23. The third-order valence-electron chi connectivity index (χ3n) is 1.68. The van der Waals surface area contributed by atoms with Crippen molar-refractivity contribution < 1.29 is 8.42 Å². The van der Waals surface area contributed by atoms with Gasteiger partial charge < -0.3 is 0 Å². The van der Waals surface area contributed by atoms with Gasteiger partial charge in [-0.2, -0.15) is 5.10 Å². The standard InChI is InChI=1S/C7H12N2O2S/c1-4-12(10,11)7-5-9(3)8-6(7)2/h5H,4H2,1-3H3. The molecule has 0 fully saturated rings. The fourth-order valence-corrected chi connectivity index (χ4v) is 2.15. The predicted molar refractivity (Wildman–Crippen MR) is 45.7 cm³/mol. The molecule has 1 aromatic rings. The third-order valence-corrected chi connectivity index (χ3v) is 3.51. The number of nitrogens with zero attached hydrogens (tertiary/aromatic N) is 2. The molecule has 0 aliphatic rings. The predicted octanol–water partition coefficient (Wildman–Crippen LogP) is 0.522. The van der Waals surface area contributed by atoms with E-state index < -0.39 is 9.84 Å². The summed E-state index contributed by atoms with van der Waals surface area (Å²) in [6.07, 6.45) is 1.54. The lowest BCUT2D eigenvalue weighted by Gasteiger charge is -1.95. The Labute approximate surface area is 72.1 Å². The van der Waals surface area contributed by atoms with Crippen molar-refractivity contribution >= 4 is 9.84 Å². The highest BCUT2D eigenvalue weighted by Crippen LogP contribution is 2.13. The molecule has 0 unspecified atom stereocenters. The molecule has 0 radical (unpaired) electrons. The molecule has 12 heavy (non-hydrogen) atoms. The normalized spacial score (nSPS) is 11.9. The molecule has 0 aliphatic heterocycles. The van der Waals surface area contributed by atoms with E-state index in [0.717, 1.165) is 0 Å². The van der Waals surface area contributed by atoms with Crippen LogP contribution < -0.4 is 0 Å². The summed E-state index contributed by atoms with van der Waals surface area (Å²) in [6, 6.07) is 0. The maximum Gasteiger partial charge on any atom is 0.181 e. The minimum atomic E-state index is -3.09. The van der Waals surface area contributed by atoms with Crippen LogP contribution in [-0.4, -0.2) is 24.0 Å². The number of rotatable bonds is 2. The lowest BCUT2D eigenvalue weighted by molar-refractivity contribution is 0.596. The van der Waals surface area contributed by atoms with Crippen LogP contribution in [0.15, 0.2) is 11.1 Å². The molecule has 0 N–H and O–H groups in total. The van der Waals surface area contributed by atoms with Crippen LogP contribution in [0.2, 0.25) is 0 Å². The zero-order chi connectivity index (χ0) is 9.35. The molecule has 0 saturated heterocycles. The van der Waals surface area contributed by atoms with Crippen LogP contribution in [0.3, 0.4) is 0 Å². The first-order chi connectivity index (χ1) is 5.47.